The first-order valence-corrected chi connectivity index (χ1v) is 9.30. The highest BCUT2D eigenvalue weighted by Gasteiger charge is 2.40. The second kappa shape index (κ2) is 7.50. The summed E-state index contributed by atoms with van der Waals surface area (Å²) < 4.78 is 56.0. The van der Waals surface area contributed by atoms with Crippen LogP contribution in [0.15, 0.2) is 69.2 Å². The maximum atomic E-state index is 13.3. The number of ether oxygens (including phenoxy) is 2. The van der Waals surface area contributed by atoms with Gasteiger partial charge in [-0.05, 0) is 30.7 Å². The molecule has 0 aliphatic carbocycles. The second-order valence-electron chi connectivity index (χ2n) is 6.79. The number of carbonyl (C=O) groups excluding carboxylic acids is 1. The molecule has 1 aliphatic rings. The lowest BCUT2D eigenvalue weighted by atomic mass is 9.82. The highest BCUT2D eigenvalue weighted by molar-refractivity contribution is 5.94. The van der Waals surface area contributed by atoms with Gasteiger partial charge in [-0.15, -0.1) is 0 Å². The molecule has 2 aromatic carbocycles. The molecule has 0 saturated heterocycles. The number of para-hydroxylation sites is 1. The highest BCUT2D eigenvalue weighted by atomic mass is 19.4. The molecule has 1 atom stereocenters. The van der Waals surface area contributed by atoms with Crippen LogP contribution in [0, 0.1) is 0 Å². The molecule has 2 N–H and O–H groups in total. The molecule has 31 heavy (non-hydrogen) atoms. The molecule has 9 heteroatoms. The summed E-state index contributed by atoms with van der Waals surface area (Å²) in [4.78, 5) is 25.6. The van der Waals surface area contributed by atoms with Crippen molar-refractivity contribution in [2.75, 3.05) is 6.61 Å². The zero-order valence-corrected chi connectivity index (χ0v) is 16.2. The topological polar surface area (TPSA) is 91.8 Å². The summed E-state index contributed by atoms with van der Waals surface area (Å²) in [6, 6.07) is 10.8. The minimum Gasteiger partial charge on any atom is -0.462 e. The Hall–Kier alpha value is -3.75. The Morgan fingerprint density at radius 3 is 2.61 bits per heavy atom. The quantitative estimate of drug-likeness (QED) is 0.497. The van der Waals surface area contributed by atoms with E-state index in [9.17, 15) is 22.8 Å². The lowest BCUT2D eigenvalue weighted by Crippen LogP contribution is -2.31. The first kappa shape index (κ1) is 20.5. The van der Waals surface area contributed by atoms with Crippen molar-refractivity contribution in [2.45, 2.75) is 19.0 Å². The molecule has 4 rings (SSSR count). The van der Waals surface area contributed by atoms with Gasteiger partial charge in [0.25, 0.3) is 0 Å². The zero-order valence-electron chi connectivity index (χ0n) is 16.2. The van der Waals surface area contributed by atoms with Crippen LogP contribution in [0.2, 0.25) is 0 Å². The van der Waals surface area contributed by atoms with Crippen LogP contribution in [-0.2, 0) is 15.7 Å². The Kier molecular flexibility index (Phi) is 4.96. The predicted molar refractivity (Wildman–Crippen MR) is 104 cm³/mol. The van der Waals surface area contributed by atoms with E-state index in [4.69, 9.17) is 19.6 Å². The Balaban J connectivity index is 2.04. The number of esters is 1. The molecule has 0 spiro atoms. The van der Waals surface area contributed by atoms with Gasteiger partial charge in [-0.3, -0.25) is 0 Å². The maximum absolute atomic E-state index is 13.3. The van der Waals surface area contributed by atoms with Crippen molar-refractivity contribution in [3.8, 4) is 5.75 Å². The lowest BCUT2D eigenvalue weighted by Gasteiger charge is -2.28. The summed E-state index contributed by atoms with van der Waals surface area (Å²) in [6.45, 7) is 1.55. The smallest absolute Gasteiger partial charge is 0.416 e. The van der Waals surface area contributed by atoms with Crippen molar-refractivity contribution in [3.05, 3.63) is 87.1 Å². The van der Waals surface area contributed by atoms with Crippen LogP contribution in [0.1, 0.15) is 29.5 Å². The van der Waals surface area contributed by atoms with Gasteiger partial charge in [0.1, 0.15) is 11.2 Å². The number of fused-ring (bicyclic) bond motifs is 3. The first-order valence-electron chi connectivity index (χ1n) is 9.30. The molecule has 0 bridgehead atoms. The Bertz CT molecular complexity index is 1280. The number of rotatable bonds is 3. The molecular weight excluding hydrogens is 415 g/mol. The third-order valence-corrected chi connectivity index (χ3v) is 4.90. The van der Waals surface area contributed by atoms with Crippen molar-refractivity contribution in [2.24, 2.45) is 5.73 Å². The van der Waals surface area contributed by atoms with E-state index >= 15 is 0 Å². The van der Waals surface area contributed by atoms with Crippen LogP contribution >= 0.6 is 0 Å². The van der Waals surface area contributed by atoms with Gasteiger partial charge in [0.05, 0.1) is 29.0 Å². The van der Waals surface area contributed by atoms with Gasteiger partial charge in [-0.2, -0.15) is 13.2 Å². The van der Waals surface area contributed by atoms with E-state index in [1.807, 2.05) is 0 Å². The SMILES string of the molecule is CCOC(=O)C1=C(N)Oc2c(c(=O)oc3ccccc23)C1c1cccc(C(F)(F)F)c1. The van der Waals surface area contributed by atoms with Crippen LogP contribution < -0.4 is 16.1 Å². The molecule has 1 unspecified atom stereocenters. The molecule has 0 fully saturated rings. The minimum atomic E-state index is -4.63. The van der Waals surface area contributed by atoms with Crippen molar-refractivity contribution in [1.29, 1.82) is 0 Å². The van der Waals surface area contributed by atoms with Crippen molar-refractivity contribution < 1.29 is 31.9 Å². The van der Waals surface area contributed by atoms with Crippen molar-refractivity contribution in [3.63, 3.8) is 0 Å². The summed E-state index contributed by atoms with van der Waals surface area (Å²) >= 11 is 0. The van der Waals surface area contributed by atoms with Gasteiger partial charge >= 0.3 is 17.8 Å². The molecular formula is C22H16F3NO5. The van der Waals surface area contributed by atoms with E-state index in [-0.39, 0.29) is 40.5 Å². The van der Waals surface area contributed by atoms with Gasteiger partial charge in [-0.1, -0.05) is 30.3 Å². The molecule has 0 radical (unpaired) electrons. The number of nitrogens with two attached hydrogens (primary N) is 1. The number of halogens is 3. The van der Waals surface area contributed by atoms with E-state index in [1.165, 1.54) is 12.1 Å². The van der Waals surface area contributed by atoms with Gasteiger partial charge in [0.15, 0.2) is 5.75 Å². The molecule has 0 saturated carbocycles. The van der Waals surface area contributed by atoms with E-state index in [0.29, 0.717) is 5.39 Å². The highest BCUT2D eigenvalue weighted by Crippen LogP contribution is 2.45. The average molecular weight is 431 g/mol. The van der Waals surface area contributed by atoms with E-state index < -0.39 is 29.3 Å². The molecule has 2 heterocycles. The van der Waals surface area contributed by atoms with E-state index in [1.54, 1.807) is 31.2 Å². The van der Waals surface area contributed by atoms with Crippen LogP contribution in [-0.4, -0.2) is 12.6 Å². The molecule has 160 valence electrons. The molecule has 1 aromatic heterocycles. The van der Waals surface area contributed by atoms with Crippen LogP contribution in [0.4, 0.5) is 13.2 Å². The van der Waals surface area contributed by atoms with Crippen molar-refractivity contribution >= 4 is 16.9 Å². The summed E-state index contributed by atoms with van der Waals surface area (Å²) in [5, 5.41) is 0.389. The number of carbonyl (C=O) groups is 1. The molecule has 3 aromatic rings. The monoisotopic (exact) mass is 431 g/mol. The minimum absolute atomic E-state index is 0.00981. The Labute approximate surface area is 173 Å². The number of alkyl halides is 3. The predicted octanol–water partition coefficient (Wildman–Crippen LogP) is 4.07. The molecule has 6 nitrogen and oxygen atoms in total. The Morgan fingerprint density at radius 2 is 1.90 bits per heavy atom. The fourth-order valence-electron chi connectivity index (χ4n) is 3.60. The standard InChI is InChI=1S/C22H16F3NO5/c1-2-29-20(27)17-15(11-6-5-7-12(10-11)22(23,24)25)16-18(31-19(17)26)13-8-3-4-9-14(13)30-21(16)28/h3-10,15H,2,26H2,1H3. The normalized spacial score (nSPS) is 16.1. The fourth-order valence-corrected chi connectivity index (χ4v) is 3.60. The summed E-state index contributed by atoms with van der Waals surface area (Å²) in [5.74, 6) is -2.50. The van der Waals surface area contributed by atoms with Gasteiger partial charge < -0.3 is 19.6 Å². The fraction of sp³-hybridized carbons (Fsp3) is 0.182. The van der Waals surface area contributed by atoms with E-state index in [2.05, 4.69) is 0 Å². The van der Waals surface area contributed by atoms with Crippen LogP contribution in [0.25, 0.3) is 11.0 Å². The van der Waals surface area contributed by atoms with Crippen LogP contribution in [0.3, 0.4) is 0 Å². The van der Waals surface area contributed by atoms with E-state index in [0.717, 1.165) is 12.1 Å². The van der Waals surface area contributed by atoms with Crippen molar-refractivity contribution in [1.82, 2.24) is 0 Å². The summed E-state index contributed by atoms with van der Waals surface area (Å²) in [7, 11) is 0. The maximum Gasteiger partial charge on any atom is 0.416 e. The number of benzene rings is 2. The Morgan fingerprint density at radius 1 is 1.16 bits per heavy atom. The van der Waals surface area contributed by atoms with Gasteiger partial charge in [0, 0.05) is 0 Å². The third kappa shape index (κ3) is 3.52. The largest absolute Gasteiger partial charge is 0.462 e. The van der Waals surface area contributed by atoms with Gasteiger partial charge in [0.2, 0.25) is 5.88 Å². The zero-order chi connectivity index (χ0) is 22.3. The lowest BCUT2D eigenvalue weighted by molar-refractivity contribution is -0.139. The first-order chi connectivity index (χ1) is 14.7. The van der Waals surface area contributed by atoms with Crippen LogP contribution in [0.5, 0.6) is 5.75 Å². The number of hydrogen-bond donors (Lipinski definition) is 1. The molecule has 0 amide bonds. The second-order valence-corrected chi connectivity index (χ2v) is 6.79. The molecule has 1 aliphatic heterocycles. The average Bonchev–Trinajstić information content (AvgIpc) is 2.72. The number of hydrogen-bond acceptors (Lipinski definition) is 6. The third-order valence-electron chi connectivity index (χ3n) is 4.90. The van der Waals surface area contributed by atoms with Gasteiger partial charge in [-0.25, -0.2) is 9.59 Å². The summed E-state index contributed by atoms with van der Waals surface area (Å²) in [6.07, 6.45) is -4.63. The summed E-state index contributed by atoms with van der Waals surface area (Å²) in [5.41, 5.74) is 4.06.